The minimum absolute atomic E-state index is 0.00995. The summed E-state index contributed by atoms with van der Waals surface area (Å²) in [6.45, 7) is -0.0101. The van der Waals surface area contributed by atoms with E-state index < -0.39 is 39.6 Å². The van der Waals surface area contributed by atoms with Gasteiger partial charge in [-0.3, -0.25) is 9.59 Å². The second-order valence-corrected chi connectivity index (χ2v) is 9.59. The number of pyridine rings is 1. The Kier molecular flexibility index (Phi) is 5.69. The summed E-state index contributed by atoms with van der Waals surface area (Å²) in [4.78, 5) is 31.1. The number of benzene rings is 1. The monoisotopic (exact) mass is 493 g/mol. The summed E-state index contributed by atoms with van der Waals surface area (Å²) in [5.41, 5.74) is 5.65. The van der Waals surface area contributed by atoms with Gasteiger partial charge in [0.15, 0.2) is 14.9 Å². The van der Waals surface area contributed by atoms with Crippen LogP contribution in [0.4, 0.5) is 24.5 Å². The van der Waals surface area contributed by atoms with Crippen LogP contribution in [0.2, 0.25) is 0 Å². The highest BCUT2D eigenvalue weighted by Gasteiger charge is 2.35. The van der Waals surface area contributed by atoms with Crippen LogP contribution in [0, 0.1) is 0 Å². The first-order valence-corrected chi connectivity index (χ1v) is 11.7. The van der Waals surface area contributed by atoms with E-state index in [1.807, 2.05) is 0 Å². The number of nitrogens with zero attached hydrogens (tertiary/aromatic N) is 3. The predicted octanol–water partition coefficient (Wildman–Crippen LogP) is 2.68. The van der Waals surface area contributed by atoms with E-state index in [9.17, 15) is 31.2 Å². The number of carbonyl (C=O) groups excluding carboxylic acids is 2. The maximum Gasteiger partial charge on any atom is 0.416 e. The van der Waals surface area contributed by atoms with Crippen molar-refractivity contribution in [3.05, 3.63) is 71.7 Å². The van der Waals surface area contributed by atoms with Crippen LogP contribution in [0.25, 0.3) is 0 Å². The van der Waals surface area contributed by atoms with E-state index in [1.54, 1.807) is 0 Å². The maximum absolute atomic E-state index is 13.2. The molecule has 0 radical (unpaired) electrons. The van der Waals surface area contributed by atoms with E-state index >= 15 is 0 Å². The third-order valence-electron chi connectivity index (χ3n) is 5.21. The highest BCUT2D eigenvalue weighted by atomic mass is 32.2. The lowest BCUT2D eigenvalue weighted by Crippen LogP contribution is -2.46. The van der Waals surface area contributed by atoms with Crippen molar-refractivity contribution in [2.24, 2.45) is 5.73 Å². The average Bonchev–Trinajstić information content (AvgIpc) is 3.22. The van der Waals surface area contributed by atoms with Gasteiger partial charge in [-0.25, -0.2) is 13.4 Å². The topological polar surface area (TPSA) is 127 Å². The first-order valence-electron chi connectivity index (χ1n) is 9.79. The highest BCUT2D eigenvalue weighted by molar-refractivity contribution is 7.90. The molecule has 3 heterocycles. The number of anilines is 2. The first kappa shape index (κ1) is 23.4. The Labute approximate surface area is 191 Å². The quantitative estimate of drug-likeness (QED) is 0.575. The lowest BCUT2D eigenvalue weighted by molar-refractivity contribution is -0.137. The lowest BCUT2D eigenvalue weighted by atomic mass is 10.1. The molecule has 0 unspecified atom stereocenters. The van der Waals surface area contributed by atoms with Gasteiger partial charge in [0.1, 0.15) is 5.69 Å². The Balaban J connectivity index is 1.61. The third kappa shape index (κ3) is 4.39. The summed E-state index contributed by atoms with van der Waals surface area (Å²) < 4.78 is 63.1. The van der Waals surface area contributed by atoms with E-state index in [4.69, 9.17) is 5.73 Å². The summed E-state index contributed by atoms with van der Waals surface area (Å²) in [5.74, 6) is -1.28. The first-order chi connectivity index (χ1) is 15.9. The van der Waals surface area contributed by atoms with Gasteiger partial charge < -0.3 is 20.5 Å². The molecule has 3 aromatic rings. The fourth-order valence-electron chi connectivity index (χ4n) is 3.54. The molecule has 0 bridgehead atoms. The second kappa shape index (κ2) is 8.25. The van der Waals surface area contributed by atoms with Crippen LogP contribution >= 0.6 is 0 Å². The van der Waals surface area contributed by atoms with Crippen molar-refractivity contribution in [3.63, 3.8) is 0 Å². The molecule has 0 spiro atoms. The van der Waals surface area contributed by atoms with Gasteiger partial charge in [0.25, 0.3) is 11.8 Å². The van der Waals surface area contributed by atoms with E-state index in [-0.39, 0.29) is 34.2 Å². The maximum atomic E-state index is 13.2. The molecule has 1 aliphatic rings. The summed E-state index contributed by atoms with van der Waals surface area (Å²) >= 11 is 0. The Bertz CT molecular complexity index is 1370. The van der Waals surface area contributed by atoms with E-state index in [0.29, 0.717) is 0 Å². The molecular weight excluding hydrogens is 475 g/mol. The molecule has 0 aliphatic carbocycles. The number of rotatable bonds is 4. The lowest BCUT2D eigenvalue weighted by Gasteiger charge is -2.33. The van der Waals surface area contributed by atoms with Gasteiger partial charge in [-0.15, -0.1) is 0 Å². The number of hydrogen-bond donors (Lipinski definition) is 2. The zero-order valence-corrected chi connectivity index (χ0v) is 18.4. The van der Waals surface area contributed by atoms with Gasteiger partial charge in [0, 0.05) is 18.1 Å². The molecule has 2 aromatic heterocycles. The molecule has 4 rings (SSSR count). The minimum atomic E-state index is -4.52. The molecule has 1 atom stereocenters. The number of nitrogens with two attached hydrogens (primary N) is 1. The van der Waals surface area contributed by atoms with Crippen LogP contribution in [0.5, 0.6) is 0 Å². The molecule has 1 aromatic carbocycles. The zero-order chi connectivity index (χ0) is 24.8. The van der Waals surface area contributed by atoms with Crippen LogP contribution < -0.4 is 16.0 Å². The molecule has 3 N–H and O–H groups in total. The molecule has 1 aliphatic heterocycles. The van der Waals surface area contributed by atoms with Crippen LogP contribution in [-0.4, -0.2) is 42.6 Å². The molecule has 0 saturated carbocycles. The number of fused-ring (bicyclic) bond motifs is 1. The second-order valence-electron chi connectivity index (χ2n) is 7.62. The van der Waals surface area contributed by atoms with Crippen molar-refractivity contribution in [2.45, 2.75) is 17.4 Å². The SMILES string of the molecule is CS(=O)(=O)c1ccc(NC(=O)c2ccn3c2C(=O)N(c2ccc(C(F)(F)F)cc2)C[C@@H]3N)cn1. The van der Waals surface area contributed by atoms with Gasteiger partial charge in [-0.1, -0.05) is 0 Å². The number of alkyl halides is 3. The molecule has 178 valence electrons. The number of hydrogen-bond acceptors (Lipinski definition) is 6. The molecule has 2 amide bonds. The number of carbonyl (C=O) groups is 2. The number of sulfone groups is 1. The van der Waals surface area contributed by atoms with Gasteiger partial charge in [0.2, 0.25) is 0 Å². The van der Waals surface area contributed by atoms with Crippen LogP contribution in [0.1, 0.15) is 32.6 Å². The van der Waals surface area contributed by atoms with Crippen LogP contribution in [0.15, 0.2) is 59.9 Å². The van der Waals surface area contributed by atoms with Crippen LogP contribution in [-0.2, 0) is 16.0 Å². The Morgan fingerprint density at radius 3 is 2.38 bits per heavy atom. The van der Waals surface area contributed by atoms with Gasteiger partial charge in [-0.05, 0) is 42.5 Å². The van der Waals surface area contributed by atoms with Crippen molar-refractivity contribution in [2.75, 3.05) is 23.0 Å². The Morgan fingerprint density at radius 1 is 1.15 bits per heavy atom. The van der Waals surface area contributed by atoms with Gasteiger partial charge in [0.05, 0.1) is 35.7 Å². The van der Waals surface area contributed by atoms with Gasteiger partial charge >= 0.3 is 6.18 Å². The average molecular weight is 493 g/mol. The zero-order valence-electron chi connectivity index (χ0n) is 17.6. The number of amides is 2. The van der Waals surface area contributed by atoms with Crippen LogP contribution in [0.3, 0.4) is 0 Å². The summed E-state index contributed by atoms with van der Waals surface area (Å²) in [6, 6.07) is 8.04. The minimum Gasteiger partial charge on any atom is -0.325 e. The summed E-state index contributed by atoms with van der Waals surface area (Å²) in [5, 5.41) is 2.37. The van der Waals surface area contributed by atoms with E-state index in [0.717, 1.165) is 18.4 Å². The predicted molar refractivity (Wildman–Crippen MR) is 116 cm³/mol. The fourth-order valence-corrected chi connectivity index (χ4v) is 4.10. The molecule has 13 heteroatoms. The highest BCUT2D eigenvalue weighted by Crippen LogP contribution is 2.32. The van der Waals surface area contributed by atoms with Crippen molar-refractivity contribution < 1.29 is 31.2 Å². The fraction of sp³-hybridized carbons (Fsp3) is 0.190. The smallest absolute Gasteiger partial charge is 0.325 e. The normalized spacial score (nSPS) is 16.3. The molecule has 9 nitrogen and oxygen atoms in total. The third-order valence-corrected chi connectivity index (χ3v) is 6.22. The number of aromatic nitrogens is 2. The Morgan fingerprint density at radius 2 is 1.82 bits per heavy atom. The molecule has 0 saturated heterocycles. The van der Waals surface area contributed by atoms with E-state index in [1.165, 1.54) is 52.2 Å². The summed E-state index contributed by atoms with van der Waals surface area (Å²) in [7, 11) is -3.51. The van der Waals surface area contributed by atoms with Crippen molar-refractivity contribution in [3.8, 4) is 0 Å². The molecular formula is C21H18F3N5O4S. The molecule has 0 fully saturated rings. The van der Waals surface area contributed by atoms with Crippen molar-refractivity contribution in [1.82, 2.24) is 9.55 Å². The largest absolute Gasteiger partial charge is 0.416 e. The van der Waals surface area contributed by atoms with Gasteiger partial charge in [-0.2, -0.15) is 13.2 Å². The van der Waals surface area contributed by atoms with Crippen molar-refractivity contribution >= 4 is 33.0 Å². The standard InChI is InChI=1S/C21H18F3N5O4S/c1-34(32,33)17-7-4-13(10-26-17)27-19(30)15-8-9-28-16(25)11-29(20(31)18(15)28)14-5-2-12(3-6-14)21(22,23)24/h2-10,16H,11,25H2,1H3,(H,27,30)/t16-/m1/s1. The number of nitrogens with one attached hydrogen (secondary N) is 1. The van der Waals surface area contributed by atoms with Crippen molar-refractivity contribution in [1.29, 1.82) is 0 Å². The van der Waals surface area contributed by atoms with E-state index in [2.05, 4.69) is 10.3 Å². The molecule has 34 heavy (non-hydrogen) atoms. The number of halogens is 3. The summed E-state index contributed by atoms with van der Waals surface area (Å²) in [6.07, 6.45) is -1.62. The Hall–Kier alpha value is -3.71.